The average molecular weight is 325 g/mol. The number of unbranched alkanes of at least 4 members (excludes halogenated alkanes) is 2. The van der Waals surface area contributed by atoms with Gasteiger partial charge in [-0.2, -0.15) is 0 Å². The molecule has 5 nitrogen and oxygen atoms in total. The van der Waals surface area contributed by atoms with Crippen LogP contribution in [-0.2, 0) is 9.59 Å². The van der Waals surface area contributed by atoms with Crippen LogP contribution in [-0.4, -0.2) is 29.8 Å². The lowest BCUT2D eigenvalue weighted by atomic mass is 9.81. The van der Waals surface area contributed by atoms with Crippen molar-refractivity contribution >= 4 is 11.8 Å². The minimum Gasteiger partial charge on any atom is -0.342 e. The Hall–Kier alpha value is -1.10. The van der Waals surface area contributed by atoms with Gasteiger partial charge in [-0.05, 0) is 25.2 Å². The van der Waals surface area contributed by atoms with Crippen LogP contribution in [0.1, 0.15) is 72.6 Å². The monoisotopic (exact) mass is 325 g/mol. The molecule has 1 rings (SSSR count). The SMILES string of the molecule is CCCCCC1CCN(C(=O)C(C)CC(C)(C)C(=O)NN)CC1. The summed E-state index contributed by atoms with van der Waals surface area (Å²) in [4.78, 5) is 26.4. The van der Waals surface area contributed by atoms with Gasteiger partial charge >= 0.3 is 0 Å². The summed E-state index contributed by atoms with van der Waals surface area (Å²) in [6.07, 6.45) is 7.95. The lowest BCUT2D eigenvalue weighted by Gasteiger charge is -2.35. The second kappa shape index (κ2) is 9.26. The molecule has 1 saturated heterocycles. The van der Waals surface area contributed by atoms with Crippen LogP contribution in [0, 0.1) is 17.3 Å². The first kappa shape index (κ1) is 19.9. The number of hydrazine groups is 1. The molecule has 1 fully saturated rings. The van der Waals surface area contributed by atoms with Crippen LogP contribution in [0.15, 0.2) is 0 Å². The highest BCUT2D eigenvalue weighted by Gasteiger charge is 2.33. The van der Waals surface area contributed by atoms with E-state index in [-0.39, 0.29) is 17.7 Å². The number of nitrogens with two attached hydrogens (primary N) is 1. The summed E-state index contributed by atoms with van der Waals surface area (Å²) >= 11 is 0. The summed E-state index contributed by atoms with van der Waals surface area (Å²) in [5.41, 5.74) is 1.57. The van der Waals surface area contributed by atoms with Gasteiger partial charge in [-0.1, -0.05) is 53.4 Å². The Bertz CT molecular complexity index is 388. The van der Waals surface area contributed by atoms with Crippen LogP contribution in [0.5, 0.6) is 0 Å². The largest absolute Gasteiger partial charge is 0.342 e. The van der Waals surface area contributed by atoms with E-state index >= 15 is 0 Å². The Kier molecular flexibility index (Phi) is 8.03. The highest BCUT2D eigenvalue weighted by atomic mass is 16.2. The predicted octanol–water partition coefficient (Wildman–Crippen LogP) is 2.85. The lowest BCUT2D eigenvalue weighted by Crippen LogP contribution is -2.45. The van der Waals surface area contributed by atoms with E-state index < -0.39 is 5.41 Å². The van der Waals surface area contributed by atoms with Crippen LogP contribution in [0.25, 0.3) is 0 Å². The van der Waals surface area contributed by atoms with Gasteiger partial charge < -0.3 is 4.90 Å². The average Bonchev–Trinajstić information content (AvgIpc) is 2.53. The minimum absolute atomic E-state index is 0.154. The molecule has 0 aromatic heterocycles. The Morgan fingerprint density at radius 3 is 2.39 bits per heavy atom. The summed E-state index contributed by atoms with van der Waals surface area (Å²) < 4.78 is 0. The maximum absolute atomic E-state index is 12.6. The number of carbonyl (C=O) groups is 2. The highest BCUT2D eigenvalue weighted by Crippen LogP contribution is 2.29. The van der Waals surface area contributed by atoms with Gasteiger partial charge in [0.1, 0.15) is 0 Å². The summed E-state index contributed by atoms with van der Waals surface area (Å²) in [5.74, 6) is 5.81. The van der Waals surface area contributed by atoms with Crippen LogP contribution in [0.4, 0.5) is 0 Å². The van der Waals surface area contributed by atoms with Crippen molar-refractivity contribution in [1.82, 2.24) is 10.3 Å². The van der Waals surface area contributed by atoms with Gasteiger partial charge in [0.05, 0.1) is 0 Å². The third kappa shape index (κ3) is 6.13. The van der Waals surface area contributed by atoms with E-state index in [1.54, 1.807) is 0 Å². The Morgan fingerprint density at radius 1 is 1.26 bits per heavy atom. The van der Waals surface area contributed by atoms with Gasteiger partial charge in [0.2, 0.25) is 11.8 Å². The van der Waals surface area contributed by atoms with E-state index in [2.05, 4.69) is 12.3 Å². The number of likely N-dealkylation sites (tertiary alicyclic amines) is 1. The van der Waals surface area contributed by atoms with Crippen LogP contribution < -0.4 is 11.3 Å². The molecule has 23 heavy (non-hydrogen) atoms. The van der Waals surface area contributed by atoms with Crippen molar-refractivity contribution in [2.45, 2.75) is 72.6 Å². The van der Waals surface area contributed by atoms with E-state index in [0.29, 0.717) is 6.42 Å². The minimum atomic E-state index is -0.623. The van der Waals surface area contributed by atoms with E-state index in [9.17, 15) is 9.59 Å². The number of nitrogens with zero attached hydrogens (tertiary/aromatic N) is 1. The first-order valence-corrected chi connectivity index (χ1v) is 9.11. The first-order chi connectivity index (χ1) is 10.8. The molecular formula is C18H35N3O2. The molecule has 1 atom stereocenters. The molecule has 0 bridgehead atoms. The molecule has 2 amide bonds. The molecule has 0 aromatic carbocycles. The smallest absolute Gasteiger partial charge is 0.239 e. The lowest BCUT2D eigenvalue weighted by molar-refractivity contribution is -0.139. The van der Waals surface area contributed by atoms with Gasteiger partial charge in [-0.3, -0.25) is 15.0 Å². The molecule has 1 aliphatic heterocycles. The molecule has 0 aromatic rings. The van der Waals surface area contributed by atoms with Crippen molar-refractivity contribution in [3.63, 3.8) is 0 Å². The van der Waals surface area contributed by atoms with E-state index in [0.717, 1.165) is 31.8 Å². The molecule has 0 aliphatic carbocycles. The third-order valence-corrected chi connectivity index (χ3v) is 5.13. The number of piperidine rings is 1. The first-order valence-electron chi connectivity index (χ1n) is 9.11. The number of amides is 2. The molecule has 0 spiro atoms. The zero-order chi connectivity index (χ0) is 17.5. The summed E-state index contributed by atoms with van der Waals surface area (Å²) in [5, 5.41) is 0. The van der Waals surface area contributed by atoms with Gasteiger partial charge in [0.25, 0.3) is 0 Å². The summed E-state index contributed by atoms with van der Waals surface area (Å²) in [7, 11) is 0. The number of hydrogen-bond acceptors (Lipinski definition) is 3. The van der Waals surface area contributed by atoms with Crippen molar-refractivity contribution in [3.8, 4) is 0 Å². The van der Waals surface area contributed by atoms with Gasteiger partial charge in [0, 0.05) is 24.4 Å². The summed E-state index contributed by atoms with van der Waals surface area (Å²) in [6, 6.07) is 0. The zero-order valence-electron chi connectivity index (χ0n) is 15.4. The quantitative estimate of drug-likeness (QED) is 0.312. The fourth-order valence-corrected chi connectivity index (χ4v) is 3.58. The van der Waals surface area contributed by atoms with Crippen LogP contribution in [0.3, 0.4) is 0 Å². The standard InChI is InChI=1S/C18H35N3O2/c1-5-6-7-8-15-9-11-21(12-10-15)16(22)14(2)13-18(3,4)17(23)20-19/h14-15H,5-13,19H2,1-4H3,(H,20,23). The predicted molar refractivity (Wildman–Crippen MR) is 93.3 cm³/mol. The number of hydrogen-bond donors (Lipinski definition) is 2. The molecule has 1 aliphatic rings. The van der Waals surface area contributed by atoms with Crippen molar-refractivity contribution < 1.29 is 9.59 Å². The second-order valence-corrected chi connectivity index (χ2v) is 7.73. The van der Waals surface area contributed by atoms with Gasteiger partial charge in [-0.25, -0.2) is 5.84 Å². The van der Waals surface area contributed by atoms with Crippen LogP contribution in [0.2, 0.25) is 0 Å². The fourth-order valence-electron chi connectivity index (χ4n) is 3.58. The number of carbonyl (C=O) groups excluding carboxylic acids is 2. The van der Waals surface area contributed by atoms with Crippen molar-refractivity contribution in [1.29, 1.82) is 0 Å². The Morgan fingerprint density at radius 2 is 1.87 bits per heavy atom. The van der Waals surface area contributed by atoms with E-state index in [4.69, 9.17) is 5.84 Å². The van der Waals surface area contributed by atoms with Crippen molar-refractivity contribution in [2.75, 3.05) is 13.1 Å². The second-order valence-electron chi connectivity index (χ2n) is 7.73. The van der Waals surface area contributed by atoms with Crippen molar-refractivity contribution in [3.05, 3.63) is 0 Å². The maximum atomic E-state index is 12.6. The van der Waals surface area contributed by atoms with Crippen molar-refractivity contribution in [2.24, 2.45) is 23.1 Å². The Balaban J connectivity index is 2.42. The molecule has 5 heteroatoms. The number of rotatable bonds is 8. The molecule has 0 saturated carbocycles. The van der Waals surface area contributed by atoms with E-state index in [1.165, 1.54) is 25.7 Å². The molecule has 3 N–H and O–H groups in total. The molecule has 134 valence electrons. The molecule has 0 radical (unpaired) electrons. The topological polar surface area (TPSA) is 75.4 Å². The van der Waals surface area contributed by atoms with Gasteiger partial charge in [0.15, 0.2) is 0 Å². The molecule has 1 unspecified atom stereocenters. The maximum Gasteiger partial charge on any atom is 0.239 e. The van der Waals surface area contributed by atoms with Crippen LogP contribution >= 0.6 is 0 Å². The van der Waals surface area contributed by atoms with E-state index in [1.807, 2.05) is 25.7 Å². The molecular weight excluding hydrogens is 290 g/mol. The summed E-state index contributed by atoms with van der Waals surface area (Å²) in [6.45, 7) is 9.54. The highest BCUT2D eigenvalue weighted by molar-refractivity contribution is 5.83. The Labute approximate surface area is 141 Å². The number of nitrogens with one attached hydrogen (secondary N) is 1. The zero-order valence-corrected chi connectivity index (χ0v) is 15.4. The van der Waals surface area contributed by atoms with Gasteiger partial charge in [-0.15, -0.1) is 0 Å². The fraction of sp³-hybridized carbons (Fsp3) is 0.889. The normalized spacial score (nSPS) is 17.9. The third-order valence-electron chi connectivity index (χ3n) is 5.13. The molecule has 1 heterocycles.